The highest BCUT2D eigenvalue weighted by Crippen LogP contribution is 2.19. The highest BCUT2D eigenvalue weighted by Gasteiger charge is 2.24. The van der Waals surface area contributed by atoms with Crippen LogP contribution in [-0.4, -0.2) is 21.7 Å². The molecule has 2 rings (SSSR count). The third kappa shape index (κ3) is 1.32. The first-order valence-corrected chi connectivity index (χ1v) is 4.06. The van der Waals surface area contributed by atoms with Crippen LogP contribution in [0, 0.1) is 0 Å². The Hall–Kier alpha value is -1.32. The lowest BCUT2D eigenvalue weighted by molar-refractivity contribution is 0.0941. The van der Waals surface area contributed by atoms with Crippen molar-refractivity contribution < 1.29 is 4.79 Å². The molecule has 0 saturated heterocycles. The van der Waals surface area contributed by atoms with Crippen LogP contribution in [0.4, 0.5) is 0 Å². The second-order valence-corrected chi connectivity index (χ2v) is 3.09. The predicted molar refractivity (Wildman–Crippen MR) is 43.7 cm³/mol. The largest absolute Gasteiger partial charge is 0.348 e. The zero-order valence-electron chi connectivity index (χ0n) is 6.95. The van der Waals surface area contributed by atoms with E-state index in [1.165, 1.54) is 0 Å². The summed E-state index contributed by atoms with van der Waals surface area (Å²) in [6.07, 6.45) is 3.86. The van der Waals surface area contributed by atoms with E-state index in [0.29, 0.717) is 11.7 Å². The molecule has 0 atom stereocenters. The topological polar surface area (TPSA) is 46.9 Å². The maximum atomic E-state index is 11.4. The standard InChI is InChI=1S/C8H11N3O/c1-11-7(4-5-9-11)8(12)10-6-2-3-6/h4-6H,2-3H2,1H3,(H,10,12). The van der Waals surface area contributed by atoms with Gasteiger partial charge in [-0.25, -0.2) is 0 Å². The lowest BCUT2D eigenvalue weighted by atomic mass is 10.4. The average Bonchev–Trinajstić information content (AvgIpc) is 2.72. The number of aryl methyl sites for hydroxylation is 1. The highest BCUT2D eigenvalue weighted by molar-refractivity contribution is 5.92. The Morgan fingerprint density at radius 3 is 3.00 bits per heavy atom. The lowest BCUT2D eigenvalue weighted by Gasteiger charge is -2.01. The van der Waals surface area contributed by atoms with Crippen molar-refractivity contribution in [2.24, 2.45) is 7.05 Å². The van der Waals surface area contributed by atoms with Gasteiger partial charge < -0.3 is 5.32 Å². The van der Waals surface area contributed by atoms with Crippen molar-refractivity contribution in [2.75, 3.05) is 0 Å². The predicted octanol–water partition coefficient (Wildman–Crippen LogP) is 0.312. The smallest absolute Gasteiger partial charge is 0.269 e. The molecule has 0 bridgehead atoms. The molecule has 12 heavy (non-hydrogen) atoms. The van der Waals surface area contributed by atoms with Crippen molar-refractivity contribution in [2.45, 2.75) is 18.9 Å². The molecule has 0 aromatic carbocycles. The van der Waals surface area contributed by atoms with Crippen molar-refractivity contribution in [1.29, 1.82) is 0 Å². The summed E-state index contributed by atoms with van der Waals surface area (Å²) < 4.78 is 1.58. The fraction of sp³-hybridized carbons (Fsp3) is 0.500. The van der Waals surface area contributed by atoms with E-state index in [1.807, 2.05) is 0 Å². The van der Waals surface area contributed by atoms with Crippen LogP contribution in [0.1, 0.15) is 23.3 Å². The van der Waals surface area contributed by atoms with Crippen LogP contribution < -0.4 is 5.32 Å². The number of hydrogen-bond acceptors (Lipinski definition) is 2. The monoisotopic (exact) mass is 165 g/mol. The van der Waals surface area contributed by atoms with E-state index in [-0.39, 0.29) is 5.91 Å². The van der Waals surface area contributed by atoms with E-state index in [2.05, 4.69) is 10.4 Å². The summed E-state index contributed by atoms with van der Waals surface area (Å²) in [7, 11) is 1.77. The number of amides is 1. The summed E-state index contributed by atoms with van der Waals surface area (Å²) >= 11 is 0. The summed E-state index contributed by atoms with van der Waals surface area (Å²) in [5, 5.41) is 6.82. The van der Waals surface area contributed by atoms with Crippen molar-refractivity contribution in [3.63, 3.8) is 0 Å². The van der Waals surface area contributed by atoms with Crippen LogP contribution in [-0.2, 0) is 7.05 Å². The van der Waals surface area contributed by atoms with Gasteiger partial charge in [-0.1, -0.05) is 0 Å². The molecular formula is C8H11N3O. The second-order valence-electron chi connectivity index (χ2n) is 3.09. The van der Waals surface area contributed by atoms with Gasteiger partial charge in [-0.3, -0.25) is 9.48 Å². The average molecular weight is 165 g/mol. The van der Waals surface area contributed by atoms with Gasteiger partial charge in [0, 0.05) is 19.3 Å². The number of carbonyl (C=O) groups is 1. The zero-order valence-corrected chi connectivity index (χ0v) is 6.95. The molecule has 1 N–H and O–H groups in total. The Morgan fingerprint density at radius 2 is 2.50 bits per heavy atom. The van der Waals surface area contributed by atoms with Gasteiger partial charge in [0.1, 0.15) is 5.69 Å². The Labute approximate surface area is 70.6 Å². The van der Waals surface area contributed by atoms with Gasteiger partial charge in [0.15, 0.2) is 0 Å². The molecule has 1 aliphatic carbocycles. The minimum Gasteiger partial charge on any atom is -0.348 e. The van der Waals surface area contributed by atoms with Crippen LogP contribution in [0.3, 0.4) is 0 Å². The van der Waals surface area contributed by atoms with E-state index < -0.39 is 0 Å². The number of nitrogens with one attached hydrogen (secondary N) is 1. The number of hydrogen-bond donors (Lipinski definition) is 1. The summed E-state index contributed by atoms with van der Waals surface area (Å²) in [4.78, 5) is 11.4. The fourth-order valence-electron chi connectivity index (χ4n) is 1.08. The van der Waals surface area contributed by atoms with E-state index in [9.17, 15) is 4.79 Å². The molecule has 1 aromatic heterocycles. The quantitative estimate of drug-likeness (QED) is 0.685. The highest BCUT2D eigenvalue weighted by atomic mass is 16.2. The Balaban J connectivity index is 2.07. The van der Waals surface area contributed by atoms with Crippen LogP contribution >= 0.6 is 0 Å². The molecule has 0 spiro atoms. The molecule has 0 unspecified atom stereocenters. The molecule has 1 saturated carbocycles. The molecule has 64 valence electrons. The summed E-state index contributed by atoms with van der Waals surface area (Å²) in [5.74, 6) is -0.0162. The molecular weight excluding hydrogens is 154 g/mol. The molecule has 1 aromatic rings. The first-order valence-electron chi connectivity index (χ1n) is 4.06. The normalized spacial score (nSPS) is 16.1. The lowest BCUT2D eigenvalue weighted by Crippen LogP contribution is -2.27. The van der Waals surface area contributed by atoms with Gasteiger partial charge in [-0.05, 0) is 18.9 Å². The molecule has 0 radical (unpaired) electrons. The number of aromatic nitrogens is 2. The zero-order chi connectivity index (χ0) is 8.55. The minimum atomic E-state index is -0.0162. The van der Waals surface area contributed by atoms with E-state index >= 15 is 0 Å². The molecule has 0 aliphatic heterocycles. The maximum Gasteiger partial charge on any atom is 0.269 e. The van der Waals surface area contributed by atoms with E-state index in [0.717, 1.165) is 12.8 Å². The molecule has 1 fully saturated rings. The molecule has 1 amide bonds. The van der Waals surface area contributed by atoms with E-state index in [4.69, 9.17) is 0 Å². The van der Waals surface area contributed by atoms with Crippen molar-refractivity contribution in [3.8, 4) is 0 Å². The van der Waals surface area contributed by atoms with Gasteiger partial charge in [0.2, 0.25) is 0 Å². The van der Waals surface area contributed by atoms with Crippen LogP contribution in [0.5, 0.6) is 0 Å². The van der Waals surface area contributed by atoms with Gasteiger partial charge in [0.05, 0.1) is 0 Å². The third-order valence-corrected chi connectivity index (χ3v) is 1.97. The molecule has 4 heteroatoms. The maximum absolute atomic E-state index is 11.4. The van der Waals surface area contributed by atoms with Crippen molar-refractivity contribution in [3.05, 3.63) is 18.0 Å². The van der Waals surface area contributed by atoms with E-state index in [1.54, 1.807) is 24.0 Å². The number of carbonyl (C=O) groups excluding carboxylic acids is 1. The summed E-state index contributed by atoms with van der Waals surface area (Å²) in [6, 6.07) is 2.13. The minimum absolute atomic E-state index is 0.0162. The van der Waals surface area contributed by atoms with Gasteiger partial charge in [0.25, 0.3) is 5.91 Å². The third-order valence-electron chi connectivity index (χ3n) is 1.97. The summed E-state index contributed by atoms with van der Waals surface area (Å²) in [5.41, 5.74) is 0.627. The van der Waals surface area contributed by atoms with Crippen molar-refractivity contribution >= 4 is 5.91 Å². The van der Waals surface area contributed by atoms with Gasteiger partial charge >= 0.3 is 0 Å². The Morgan fingerprint density at radius 1 is 1.75 bits per heavy atom. The van der Waals surface area contributed by atoms with Gasteiger partial charge in [-0.2, -0.15) is 5.10 Å². The van der Waals surface area contributed by atoms with Crippen molar-refractivity contribution in [1.82, 2.24) is 15.1 Å². The molecule has 1 aliphatic rings. The molecule has 1 heterocycles. The van der Waals surface area contributed by atoms with Crippen LogP contribution in [0.15, 0.2) is 12.3 Å². The van der Waals surface area contributed by atoms with Crippen LogP contribution in [0.2, 0.25) is 0 Å². The first-order chi connectivity index (χ1) is 5.77. The SMILES string of the molecule is Cn1nccc1C(=O)NC1CC1. The van der Waals surface area contributed by atoms with Crippen LogP contribution in [0.25, 0.3) is 0 Å². The molecule has 4 nitrogen and oxygen atoms in total. The number of nitrogens with zero attached hydrogens (tertiary/aromatic N) is 2. The Bertz CT molecular complexity index is 301. The second kappa shape index (κ2) is 2.62. The van der Waals surface area contributed by atoms with Gasteiger partial charge in [-0.15, -0.1) is 0 Å². The number of rotatable bonds is 2. The summed E-state index contributed by atoms with van der Waals surface area (Å²) in [6.45, 7) is 0. The first kappa shape index (κ1) is 7.34. The fourth-order valence-corrected chi connectivity index (χ4v) is 1.08. The Kier molecular flexibility index (Phi) is 1.60.